The second-order valence-electron chi connectivity index (χ2n) is 6.64. The molecular formula is C17H21N5O2. The number of hydrogen-bond donors (Lipinski definition) is 0. The quantitative estimate of drug-likeness (QED) is 0.841. The van der Waals surface area contributed by atoms with Crippen LogP contribution in [-0.2, 0) is 11.2 Å². The zero-order valence-electron chi connectivity index (χ0n) is 13.8. The van der Waals surface area contributed by atoms with Crippen molar-refractivity contribution in [3.8, 4) is 11.4 Å². The summed E-state index contributed by atoms with van der Waals surface area (Å²) in [4.78, 5) is 25.1. The molecule has 0 bridgehead atoms. The Bertz CT molecular complexity index is 717. The van der Waals surface area contributed by atoms with Crippen molar-refractivity contribution in [2.45, 2.75) is 25.3 Å². The summed E-state index contributed by atoms with van der Waals surface area (Å²) in [5, 5.41) is 3.97. The average molecular weight is 327 g/mol. The molecule has 0 saturated carbocycles. The van der Waals surface area contributed by atoms with Gasteiger partial charge in [0.05, 0.1) is 0 Å². The molecule has 2 aromatic rings. The number of likely N-dealkylation sites (tertiary alicyclic amines) is 2. The lowest BCUT2D eigenvalue weighted by Gasteiger charge is -2.20. The molecule has 0 N–H and O–H groups in total. The van der Waals surface area contributed by atoms with Gasteiger partial charge < -0.3 is 14.3 Å². The molecule has 2 fully saturated rings. The number of likely N-dealkylation sites (N-methyl/N-ethyl adjacent to an activating group) is 1. The van der Waals surface area contributed by atoms with Crippen molar-refractivity contribution in [2.24, 2.45) is 5.92 Å². The Morgan fingerprint density at radius 1 is 1.33 bits per heavy atom. The van der Waals surface area contributed by atoms with Gasteiger partial charge in [0.25, 0.3) is 0 Å². The van der Waals surface area contributed by atoms with Gasteiger partial charge >= 0.3 is 0 Å². The number of carbonyl (C=O) groups excluding carboxylic acids is 1. The fourth-order valence-corrected chi connectivity index (χ4v) is 3.72. The topological polar surface area (TPSA) is 75.4 Å². The van der Waals surface area contributed by atoms with Crippen LogP contribution in [0.4, 0.5) is 0 Å². The van der Waals surface area contributed by atoms with E-state index in [0.29, 0.717) is 36.5 Å². The summed E-state index contributed by atoms with van der Waals surface area (Å²) in [6.07, 6.45) is 5.48. The predicted molar refractivity (Wildman–Crippen MR) is 87.0 cm³/mol. The van der Waals surface area contributed by atoms with Crippen LogP contribution in [0.2, 0.25) is 0 Å². The van der Waals surface area contributed by atoms with Gasteiger partial charge in [-0.25, -0.2) is 0 Å². The third-order valence-electron chi connectivity index (χ3n) is 5.14. The minimum atomic E-state index is 0.182. The second kappa shape index (κ2) is 6.32. The van der Waals surface area contributed by atoms with Crippen molar-refractivity contribution in [3.05, 3.63) is 30.4 Å². The second-order valence-corrected chi connectivity index (χ2v) is 6.64. The smallest absolute Gasteiger partial charge is 0.227 e. The Balaban J connectivity index is 1.33. The Kier molecular flexibility index (Phi) is 4.02. The van der Waals surface area contributed by atoms with E-state index in [2.05, 4.69) is 27.1 Å². The summed E-state index contributed by atoms with van der Waals surface area (Å²) in [6, 6.07) is 4.20. The maximum absolute atomic E-state index is 12.4. The molecule has 0 aliphatic carbocycles. The number of aryl methyl sites for hydroxylation is 1. The number of rotatable bonds is 4. The zero-order valence-corrected chi connectivity index (χ0v) is 13.8. The molecule has 2 aliphatic heterocycles. The largest absolute Gasteiger partial charge is 0.341 e. The Morgan fingerprint density at radius 2 is 2.17 bits per heavy atom. The standard InChI is InChI=1S/C17H21N5O2/c1-21-9-6-13-10-22(11-14(13)21)16(23)3-2-15-19-17(20-24-15)12-4-7-18-8-5-12/h4-5,7-8,13-14H,2-3,6,9-11H2,1H3/t13-,14+/m0/s1. The fraction of sp³-hybridized carbons (Fsp3) is 0.529. The van der Waals surface area contributed by atoms with Crippen LogP contribution in [0.5, 0.6) is 0 Å². The van der Waals surface area contributed by atoms with Crippen LogP contribution < -0.4 is 0 Å². The van der Waals surface area contributed by atoms with E-state index in [1.54, 1.807) is 12.4 Å². The van der Waals surface area contributed by atoms with Gasteiger partial charge in [-0.3, -0.25) is 9.78 Å². The summed E-state index contributed by atoms with van der Waals surface area (Å²) in [6.45, 7) is 2.89. The monoisotopic (exact) mass is 327 g/mol. The molecule has 0 radical (unpaired) electrons. The Morgan fingerprint density at radius 3 is 2.96 bits per heavy atom. The molecule has 0 spiro atoms. The van der Waals surface area contributed by atoms with E-state index >= 15 is 0 Å². The molecule has 4 heterocycles. The average Bonchev–Trinajstić information content (AvgIpc) is 3.31. The highest BCUT2D eigenvalue weighted by Gasteiger charge is 2.40. The number of fused-ring (bicyclic) bond motifs is 1. The molecule has 2 aliphatic rings. The first-order valence-electron chi connectivity index (χ1n) is 8.41. The molecule has 1 amide bonds. The summed E-state index contributed by atoms with van der Waals surface area (Å²) in [5.41, 5.74) is 0.863. The highest BCUT2D eigenvalue weighted by Crippen LogP contribution is 2.30. The Hall–Kier alpha value is -2.28. The summed E-state index contributed by atoms with van der Waals surface area (Å²) >= 11 is 0. The van der Waals surface area contributed by atoms with Crippen molar-refractivity contribution >= 4 is 5.91 Å². The van der Waals surface area contributed by atoms with E-state index in [1.807, 2.05) is 17.0 Å². The lowest BCUT2D eigenvalue weighted by molar-refractivity contribution is -0.130. The van der Waals surface area contributed by atoms with Crippen LogP contribution in [0.15, 0.2) is 29.0 Å². The number of nitrogens with zero attached hydrogens (tertiary/aromatic N) is 5. The lowest BCUT2D eigenvalue weighted by atomic mass is 10.1. The van der Waals surface area contributed by atoms with E-state index in [9.17, 15) is 4.79 Å². The van der Waals surface area contributed by atoms with Crippen LogP contribution >= 0.6 is 0 Å². The SMILES string of the molecule is CN1CC[C@H]2CN(C(=O)CCc3nc(-c4ccncc4)no3)C[C@H]21. The fourth-order valence-electron chi connectivity index (χ4n) is 3.72. The molecular weight excluding hydrogens is 306 g/mol. The first-order valence-corrected chi connectivity index (χ1v) is 8.41. The predicted octanol–water partition coefficient (Wildman–Crippen LogP) is 1.23. The van der Waals surface area contributed by atoms with Crippen molar-refractivity contribution in [1.82, 2.24) is 24.9 Å². The van der Waals surface area contributed by atoms with Crippen LogP contribution in [0.3, 0.4) is 0 Å². The molecule has 24 heavy (non-hydrogen) atoms. The highest BCUT2D eigenvalue weighted by atomic mass is 16.5. The Labute approximate surface area is 140 Å². The van der Waals surface area contributed by atoms with Crippen LogP contribution in [0, 0.1) is 5.92 Å². The third kappa shape index (κ3) is 2.91. The summed E-state index contributed by atoms with van der Waals surface area (Å²) < 4.78 is 5.26. The molecule has 4 rings (SSSR count). The molecule has 0 unspecified atom stereocenters. The van der Waals surface area contributed by atoms with E-state index in [-0.39, 0.29) is 5.91 Å². The van der Waals surface area contributed by atoms with Gasteiger partial charge in [0.1, 0.15) is 0 Å². The van der Waals surface area contributed by atoms with Gasteiger partial charge in [-0.2, -0.15) is 4.98 Å². The van der Waals surface area contributed by atoms with Gasteiger partial charge in [-0.05, 0) is 38.1 Å². The van der Waals surface area contributed by atoms with Crippen LogP contribution in [0.25, 0.3) is 11.4 Å². The number of amides is 1. The number of pyridine rings is 1. The molecule has 126 valence electrons. The number of hydrogen-bond acceptors (Lipinski definition) is 6. The van der Waals surface area contributed by atoms with Gasteiger partial charge in [-0.1, -0.05) is 5.16 Å². The van der Waals surface area contributed by atoms with Crippen molar-refractivity contribution < 1.29 is 9.32 Å². The van der Waals surface area contributed by atoms with E-state index in [0.717, 1.165) is 25.2 Å². The summed E-state index contributed by atoms with van der Waals surface area (Å²) in [7, 11) is 2.15. The highest BCUT2D eigenvalue weighted by molar-refractivity contribution is 5.76. The van der Waals surface area contributed by atoms with Gasteiger partial charge in [0.15, 0.2) is 0 Å². The van der Waals surface area contributed by atoms with E-state index in [4.69, 9.17) is 4.52 Å². The molecule has 7 heteroatoms. The third-order valence-corrected chi connectivity index (χ3v) is 5.14. The van der Waals surface area contributed by atoms with Crippen LogP contribution in [-0.4, -0.2) is 63.6 Å². The minimum Gasteiger partial charge on any atom is -0.341 e. The van der Waals surface area contributed by atoms with E-state index < -0.39 is 0 Å². The maximum atomic E-state index is 12.4. The summed E-state index contributed by atoms with van der Waals surface area (Å²) in [5.74, 6) is 1.87. The van der Waals surface area contributed by atoms with Gasteiger partial charge in [0.2, 0.25) is 17.6 Å². The van der Waals surface area contributed by atoms with E-state index in [1.165, 1.54) is 6.42 Å². The minimum absolute atomic E-state index is 0.182. The molecule has 2 saturated heterocycles. The molecule has 7 nitrogen and oxygen atoms in total. The molecule has 0 aromatic carbocycles. The van der Waals surface area contributed by atoms with Gasteiger partial charge in [-0.15, -0.1) is 0 Å². The first kappa shape index (κ1) is 15.3. The lowest BCUT2D eigenvalue weighted by Crippen LogP contribution is -2.35. The van der Waals surface area contributed by atoms with Crippen molar-refractivity contribution in [3.63, 3.8) is 0 Å². The van der Waals surface area contributed by atoms with Crippen molar-refractivity contribution in [1.29, 1.82) is 0 Å². The van der Waals surface area contributed by atoms with Gasteiger partial charge in [0, 0.05) is 49.9 Å². The number of aromatic nitrogens is 3. The first-order chi connectivity index (χ1) is 11.7. The number of carbonyl (C=O) groups is 1. The normalized spacial score (nSPS) is 23.6. The molecule has 2 aromatic heterocycles. The maximum Gasteiger partial charge on any atom is 0.227 e. The van der Waals surface area contributed by atoms with Crippen molar-refractivity contribution in [2.75, 3.05) is 26.7 Å². The molecule has 2 atom stereocenters. The van der Waals surface area contributed by atoms with Crippen LogP contribution in [0.1, 0.15) is 18.7 Å². The zero-order chi connectivity index (χ0) is 16.5.